The topological polar surface area (TPSA) is 4.44 Å². The van der Waals surface area contributed by atoms with E-state index in [1.807, 2.05) is 4.90 Å². The van der Waals surface area contributed by atoms with Crippen LogP contribution in [-0.2, 0) is 0 Å². The Hall–Kier alpha value is 0.250. The molecule has 46 heavy (non-hydrogen) atoms. The van der Waals surface area contributed by atoms with Crippen LogP contribution in [0.3, 0.4) is 0 Å². The molecule has 0 bridgehead atoms. The number of nitrogens with one attached hydrogen (secondary N) is 1. The minimum atomic E-state index is 0. The normalized spacial score (nSPS) is 16.3. The van der Waals surface area contributed by atoms with Crippen molar-refractivity contribution in [2.75, 3.05) is 19.6 Å². The van der Waals surface area contributed by atoms with E-state index in [1.54, 1.807) is 0 Å². The van der Waals surface area contributed by atoms with Gasteiger partial charge in [-0.15, -0.1) is 0 Å². The highest BCUT2D eigenvalue weighted by atomic mass is 35.5. The summed E-state index contributed by atoms with van der Waals surface area (Å²) in [6, 6.07) is 0. The molecule has 1 fully saturated rings. The number of rotatable bonds is 38. The number of hydrogen-bond donors (Lipinski definition) is 1. The van der Waals surface area contributed by atoms with Crippen LogP contribution < -0.4 is 17.3 Å². The van der Waals surface area contributed by atoms with E-state index >= 15 is 0 Å². The SMILES string of the molecule is CCCCCCCCCCCCCCCCCCCCC1CC[NH+](CCCCCCCCCCCCCCCCCCCC)C1.[Cl-]. The molecule has 1 aliphatic rings. The van der Waals surface area contributed by atoms with Crippen LogP contribution in [0.1, 0.15) is 258 Å². The summed E-state index contributed by atoms with van der Waals surface area (Å²) < 4.78 is 0. The van der Waals surface area contributed by atoms with Crippen LogP contribution in [0.25, 0.3) is 0 Å². The van der Waals surface area contributed by atoms with Crippen LogP contribution in [0, 0.1) is 5.92 Å². The van der Waals surface area contributed by atoms with Crippen molar-refractivity contribution < 1.29 is 17.3 Å². The van der Waals surface area contributed by atoms with Gasteiger partial charge >= 0.3 is 0 Å². The molecule has 1 nitrogen and oxygen atoms in total. The molecule has 2 heteroatoms. The zero-order chi connectivity index (χ0) is 32.1. The minimum absolute atomic E-state index is 0. The summed E-state index contributed by atoms with van der Waals surface area (Å²) in [5.74, 6) is 1.05. The number of hydrogen-bond acceptors (Lipinski definition) is 0. The summed E-state index contributed by atoms with van der Waals surface area (Å²) in [4.78, 5) is 1.94. The molecular weight excluding hydrogens is 578 g/mol. The van der Waals surface area contributed by atoms with Crippen LogP contribution in [0.2, 0.25) is 0 Å². The van der Waals surface area contributed by atoms with Crippen molar-refractivity contribution in [1.29, 1.82) is 0 Å². The first-order chi connectivity index (χ1) is 22.4. The summed E-state index contributed by atoms with van der Waals surface area (Å²) in [5.41, 5.74) is 0. The lowest BCUT2D eigenvalue weighted by Crippen LogP contribution is -3.10. The van der Waals surface area contributed by atoms with Crippen molar-refractivity contribution in [2.45, 2.75) is 258 Å². The van der Waals surface area contributed by atoms with Crippen molar-refractivity contribution in [3.63, 3.8) is 0 Å². The lowest BCUT2D eigenvalue weighted by Gasteiger charge is -2.13. The highest BCUT2D eigenvalue weighted by molar-refractivity contribution is 4.63. The Morgan fingerprint density at radius 3 is 0.913 bits per heavy atom. The second kappa shape index (κ2) is 39.7. The van der Waals surface area contributed by atoms with E-state index in [4.69, 9.17) is 0 Å². The van der Waals surface area contributed by atoms with Crippen LogP contribution >= 0.6 is 0 Å². The maximum atomic E-state index is 2.31. The van der Waals surface area contributed by atoms with Gasteiger partial charge in [-0.05, 0) is 19.3 Å². The minimum Gasteiger partial charge on any atom is -1.00 e. The Morgan fingerprint density at radius 2 is 0.609 bits per heavy atom. The fourth-order valence-electron chi connectivity index (χ4n) is 8.11. The van der Waals surface area contributed by atoms with E-state index in [9.17, 15) is 0 Å². The van der Waals surface area contributed by atoms with Gasteiger partial charge in [0.1, 0.15) is 0 Å². The third-order valence-corrected chi connectivity index (χ3v) is 11.3. The van der Waals surface area contributed by atoms with Gasteiger partial charge in [-0.2, -0.15) is 0 Å². The average molecular weight is 669 g/mol. The third-order valence-electron chi connectivity index (χ3n) is 11.3. The molecule has 2 unspecified atom stereocenters. The van der Waals surface area contributed by atoms with E-state index in [0.717, 1.165) is 5.92 Å². The molecule has 0 aromatic carbocycles. The van der Waals surface area contributed by atoms with Gasteiger partial charge in [-0.1, -0.05) is 232 Å². The molecule has 278 valence electrons. The van der Waals surface area contributed by atoms with Crippen LogP contribution in [0.5, 0.6) is 0 Å². The highest BCUT2D eigenvalue weighted by Crippen LogP contribution is 2.18. The molecule has 0 amide bonds. The molecule has 0 spiro atoms. The summed E-state index contributed by atoms with van der Waals surface area (Å²) in [6.45, 7) is 9.06. The highest BCUT2D eigenvalue weighted by Gasteiger charge is 2.24. The van der Waals surface area contributed by atoms with Crippen LogP contribution in [0.15, 0.2) is 0 Å². The maximum absolute atomic E-state index is 2.31. The monoisotopic (exact) mass is 668 g/mol. The lowest BCUT2D eigenvalue weighted by molar-refractivity contribution is -0.889. The smallest absolute Gasteiger partial charge is 0.0801 e. The summed E-state index contributed by atoms with van der Waals surface area (Å²) in [6.07, 6.45) is 56.4. The first-order valence-electron chi connectivity index (χ1n) is 22.2. The molecule has 0 saturated carbocycles. The van der Waals surface area contributed by atoms with Gasteiger partial charge in [0.15, 0.2) is 0 Å². The number of halogens is 1. The first kappa shape index (κ1) is 46.2. The molecule has 1 saturated heterocycles. The van der Waals surface area contributed by atoms with Gasteiger partial charge in [-0.25, -0.2) is 0 Å². The molecule has 1 heterocycles. The average Bonchev–Trinajstić information content (AvgIpc) is 3.51. The first-order valence-corrected chi connectivity index (χ1v) is 22.2. The molecule has 0 radical (unpaired) electrons. The van der Waals surface area contributed by atoms with Crippen molar-refractivity contribution in [3.05, 3.63) is 0 Å². The largest absolute Gasteiger partial charge is 1.00 e. The Bertz CT molecular complexity index is 490. The molecule has 2 atom stereocenters. The fraction of sp³-hybridized carbons (Fsp3) is 1.00. The van der Waals surface area contributed by atoms with Gasteiger partial charge in [0.2, 0.25) is 0 Å². The van der Waals surface area contributed by atoms with E-state index in [1.165, 1.54) is 264 Å². The van der Waals surface area contributed by atoms with Crippen molar-refractivity contribution in [2.24, 2.45) is 5.92 Å². The molecule has 0 aromatic rings. The Morgan fingerprint density at radius 1 is 0.348 bits per heavy atom. The van der Waals surface area contributed by atoms with Gasteiger partial charge in [-0.3, -0.25) is 0 Å². The zero-order valence-electron chi connectivity index (χ0n) is 32.4. The van der Waals surface area contributed by atoms with Crippen LogP contribution in [0.4, 0.5) is 0 Å². The van der Waals surface area contributed by atoms with E-state index < -0.39 is 0 Å². The molecular formula is C44H90ClN. The predicted octanol–water partition coefficient (Wildman–Crippen LogP) is 11.4. The third kappa shape index (κ3) is 34.1. The van der Waals surface area contributed by atoms with Crippen molar-refractivity contribution >= 4 is 0 Å². The number of unbranched alkanes of at least 4 members (excludes halogenated alkanes) is 34. The maximum Gasteiger partial charge on any atom is 0.0801 e. The van der Waals surface area contributed by atoms with Crippen LogP contribution in [-0.4, -0.2) is 19.6 Å². The summed E-state index contributed by atoms with van der Waals surface area (Å²) >= 11 is 0. The number of quaternary nitrogens is 1. The summed E-state index contributed by atoms with van der Waals surface area (Å²) in [7, 11) is 0. The quantitative estimate of drug-likeness (QED) is 0.0625. The Kier molecular flexibility index (Phi) is 39.9. The molecule has 1 rings (SSSR count). The van der Waals surface area contributed by atoms with E-state index in [-0.39, 0.29) is 12.4 Å². The lowest BCUT2D eigenvalue weighted by atomic mass is 9.99. The molecule has 0 aliphatic carbocycles. The second-order valence-electron chi connectivity index (χ2n) is 15.9. The molecule has 1 aliphatic heterocycles. The van der Waals surface area contributed by atoms with Gasteiger partial charge in [0.25, 0.3) is 0 Å². The molecule has 1 N–H and O–H groups in total. The molecule has 0 aromatic heterocycles. The Labute approximate surface area is 299 Å². The zero-order valence-corrected chi connectivity index (χ0v) is 33.2. The van der Waals surface area contributed by atoms with Crippen molar-refractivity contribution in [1.82, 2.24) is 0 Å². The standard InChI is InChI=1S/C44H89N.ClH/c1-3-5-7-9-11-13-15-17-19-21-23-25-27-29-31-33-35-37-39-44-40-42-45(43-44)41-38-36-34-32-30-28-26-24-22-20-18-16-14-12-10-8-6-4-2;/h44H,3-43H2,1-2H3;1H. The predicted molar refractivity (Wildman–Crippen MR) is 206 cm³/mol. The number of likely N-dealkylation sites (tertiary alicyclic amines) is 1. The van der Waals surface area contributed by atoms with Gasteiger partial charge < -0.3 is 17.3 Å². The van der Waals surface area contributed by atoms with Gasteiger partial charge in [0, 0.05) is 12.3 Å². The fourth-order valence-corrected chi connectivity index (χ4v) is 8.11. The van der Waals surface area contributed by atoms with Crippen molar-refractivity contribution in [3.8, 4) is 0 Å². The van der Waals surface area contributed by atoms with E-state index in [0.29, 0.717) is 0 Å². The van der Waals surface area contributed by atoms with E-state index in [2.05, 4.69) is 13.8 Å². The second-order valence-corrected chi connectivity index (χ2v) is 15.9. The Balaban J connectivity index is 0.0000202. The van der Waals surface area contributed by atoms with Gasteiger partial charge in [0.05, 0.1) is 19.6 Å². The summed E-state index contributed by atoms with van der Waals surface area (Å²) in [5, 5.41) is 0.